The SMILES string of the molecule is CCCCCCNC(=O)C1(O)CC[C@@]2(C)C(=CC[C@H]3[C@@H]4CC[C@H]([C@H](C)CCCC(C)C)[C@@]4(C)CC[C@@H]32)C1. The largest absolute Gasteiger partial charge is 0.380 e. The van der Waals surface area contributed by atoms with Crippen molar-refractivity contribution in [1.82, 2.24) is 5.32 Å². The minimum atomic E-state index is -1.21. The number of nitrogens with one attached hydrogen (secondary N) is 1. The molecule has 37 heavy (non-hydrogen) atoms. The molecule has 0 heterocycles. The lowest BCUT2D eigenvalue weighted by Gasteiger charge is -2.59. The Morgan fingerprint density at radius 3 is 2.51 bits per heavy atom. The second-order valence-corrected chi connectivity index (χ2v) is 14.8. The molecule has 4 aliphatic carbocycles. The van der Waals surface area contributed by atoms with Gasteiger partial charge in [-0.05, 0) is 97.7 Å². The Labute approximate surface area is 229 Å². The molecule has 0 aliphatic heterocycles. The van der Waals surface area contributed by atoms with Gasteiger partial charge in [0.05, 0.1) is 0 Å². The van der Waals surface area contributed by atoms with Crippen LogP contribution in [0.1, 0.15) is 138 Å². The minimum absolute atomic E-state index is 0.129. The second-order valence-electron chi connectivity index (χ2n) is 14.8. The molecule has 1 amide bonds. The lowest BCUT2D eigenvalue weighted by Crippen LogP contribution is -2.56. The van der Waals surface area contributed by atoms with Crippen molar-refractivity contribution in [2.24, 2.45) is 46.3 Å². The van der Waals surface area contributed by atoms with E-state index in [4.69, 9.17) is 0 Å². The smallest absolute Gasteiger partial charge is 0.252 e. The molecule has 0 saturated heterocycles. The summed E-state index contributed by atoms with van der Waals surface area (Å²) in [6, 6.07) is 0. The van der Waals surface area contributed by atoms with Gasteiger partial charge < -0.3 is 10.4 Å². The molecule has 0 radical (unpaired) electrons. The molecule has 8 atom stereocenters. The fraction of sp³-hybridized carbons (Fsp3) is 0.912. The lowest BCUT2D eigenvalue weighted by atomic mass is 9.46. The molecule has 1 unspecified atom stereocenters. The maximum atomic E-state index is 13.0. The maximum absolute atomic E-state index is 13.0. The van der Waals surface area contributed by atoms with Crippen molar-refractivity contribution in [2.45, 2.75) is 143 Å². The van der Waals surface area contributed by atoms with Crippen molar-refractivity contribution in [1.29, 1.82) is 0 Å². The van der Waals surface area contributed by atoms with E-state index in [-0.39, 0.29) is 11.3 Å². The summed E-state index contributed by atoms with van der Waals surface area (Å²) in [5.74, 6) is 4.80. The third-order valence-corrected chi connectivity index (χ3v) is 12.1. The molecule has 2 N–H and O–H groups in total. The van der Waals surface area contributed by atoms with Crippen LogP contribution >= 0.6 is 0 Å². The second kappa shape index (κ2) is 11.7. The van der Waals surface area contributed by atoms with E-state index in [0.717, 1.165) is 54.8 Å². The Balaban J connectivity index is 1.41. The summed E-state index contributed by atoms with van der Waals surface area (Å²) >= 11 is 0. The number of aliphatic hydroxyl groups is 1. The highest BCUT2D eigenvalue weighted by Gasteiger charge is 2.60. The van der Waals surface area contributed by atoms with E-state index < -0.39 is 5.60 Å². The zero-order valence-electron chi connectivity index (χ0n) is 25.2. The van der Waals surface area contributed by atoms with Crippen molar-refractivity contribution in [3.8, 4) is 0 Å². The number of hydrogen-bond acceptors (Lipinski definition) is 2. The lowest BCUT2D eigenvalue weighted by molar-refractivity contribution is -0.145. The minimum Gasteiger partial charge on any atom is -0.380 e. The quantitative estimate of drug-likeness (QED) is 0.215. The van der Waals surface area contributed by atoms with Crippen molar-refractivity contribution in [3.05, 3.63) is 11.6 Å². The van der Waals surface area contributed by atoms with Gasteiger partial charge in [0.15, 0.2) is 0 Å². The van der Waals surface area contributed by atoms with Crippen LogP contribution in [0.2, 0.25) is 0 Å². The van der Waals surface area contributed by atoms with Crippen LogP contribution in [0.5, 0.6) is 0 Å². The van der Waals surface area contributed by atoms with Crippen LogP contribution in [0, 0.1) is 46.3 Å². The van der Waals surface area contributed by atoms with Gasteiger partial charge in [0.2, 0.25) is 0 Å². The molecule has 0 spiro atoms. The van der Waals surface area contributed by atoms with E-state index in [1.165, 1.54) is 69.8 Å². The van der Waals surface area contributed by atoms with E-state index in [2.05, 4.69) is 52.9 Å². The van der Waals surface area contributed by atoms with Crippen LogP contribution in [-0.2, 0) is 4.79 Å². The highest BCUT2D eigenvalue weighted by Crippen LogP contribution is 2.67. The summed E-state index contributed by atoms with van der Waals surface area (Å²) in [6.45, 7) is 15.3. The van der Waals surface area contributed by atoms with E-state index >= 15 is 0 Å². The van der Waals surface area contributed by atoms with Crippen LogP contribution in [0.3, 0.4) is 0 Å². The third kappa shape index (κ3) is 5.73. The summed E-state index contributed by atoms with van der Waals surface area (Å²) in [5, 5.41) is 14.5. The first-order chi connectivity index (χ1) is 17.5. The summed E-state index contributed by atoms with van der Waals surface area (Å²) in [6.07, 6.45) is 20.1. The van der Waals surface area contributed by atoms with Crippen molar-refractivity contribution in [2.75, 3.05) is 6.54 Å². The van der Waals surface area contributed by atoms with E-state index in [1.807, 2.05) is 0 Å². The van der Waals surface area contributed by atoms with E-state index in [0.29, 0.717) is 24.8 Å². The molecular weight excluding hydrogens is 454 g/mol. The van der Waals surface area contributed by atoms with Gasteiger partial charge in [-0.15, -0.1) is 0 Å². The third-order valence-electron chi connectivity index (χ3n) is 12.1. The zero-order chi connectivity index (χ0) is 26.8. The van der Waals surface area contributed by atoms with Gasteiger partial charge in [-0.25, -0.2) is 0 Å². The molecule has 3 fully saturated rings. The van der Waals surface area contributed by atoms with Crippen LogP contribution in [0.25, 0.3) is 0 Å². The average molecular weight is 514 g/mol. The van der Waals surface area contributed by atoms with Crippen LogP contribution in [0.4, 0.5) is 0 Å². The van der Waals surface area contributed by atoms with Crippen LogP contribution in [-0.4, -0.2) is 23.2 Å². The van der Waals surface area contributed by atoms with Gasteiger partial charge >= 0.3 is 0 Å². The summed E-state index contributed by atoms with van der Waals surface area (Å²) in [4.78, 5) is 13.0. The average Bonchev–Trinajstić information content (AvgIpc) is 3.21. The number of allylic oxidation sites excluding steroid dienone is 1. The highest BCUT2D eigenvalue weighted by molar-refractivity contribution is 5.85. The number of hydrogen-bond donors (Lipinski definition) is 2. The summed E-state index contributed by atoms with van der Waals surface area (Å²) in [7, 11) is 0. The predicted octanol–water partition coefficient (Wildman–Crippen LogP) is 8.46. The van der Waals surface area contributed by atoms with E-state index in [1.54, 1.807) is 0 Å². The molecule has 0 aromatic heterocycles. The van der Waals surface area contributed by atoms with Gasteiger partial charge in [-0.2, -0.15) is 0 Å². The van der Waals surface area contributed by atoms with Gasteiger partial charge in [0, 0.05) is 13.0 Å². The first kappa shape index (κ1) is 29.2. The molecule has 0 aromatic rings. The van der Waals surface area contributed by atoms with Crippen molar-refractivity contribution < 1.29 is 9.90 Å². The number of unbranched alkanes of at least 4 members (excludes halogenated alkanes) is 3. The number of rotatable bonds is 11. The number of fused-ring (bicyclic) bond motifs is 5. The molecule has 212 valence electrons. The first-order valence-electron chi connectivity index (χ1n) is 16.3. The predicted molar refractivity (Wildman–Crippen MR) is 155 cm³/mol. The summed E-state index contributed by atoms with van der Waals surface area (Å²) in [5.41, 5.74) is 0.853. The number of carbonyl (C=O) groups excluding carboxylic acids is 1. The Morgan fingerprint density at radius 1 is 1.00 bits per heavy atom. The fourth-order valence-corrected chi connectivity index (χ4v) is 9.78. The Morgan fingerprint density at radius 2 is 1.78 bits per heavy atom. The normalized spacial score (nSPS) is 39.9. The highest BCUT2D eigenvalue weighted by atomic mass is 16.3. The maximum Gasteiger partial charge on any atom is 0.252 e. The number of carbonyl (C=O) groups is 1. The van der Waals surface area contributed by atoms with Gasteiger partial charge in [-0.3, -0.25) is 4.79 Å². The monoisotopic (exact) mass is 513 g/mol. The van der Waals surface area contributed by atoms with Crippen LogP contribution < -0.4 is 5.32 Å². The van der Waals surface area contributed by atoms with Crippen molar-refractivity contribution >= 4 is 5.91 Å². The topological polar surface area (TPSA) is 49.3 Å². The Hall–Kier alpha value is -0.830. The zero-order valence-corrected chi connectivity index (χ0v) is 25.2. The molecule has 3 nitrogen and oxygen atoms in total. The fourth-order valence-electron chi connectivity index (χ4n) is 9.78. The van der Waals surface area contributed by atoms with Gasteiger partial charge in [0.25, 0.3) is 5.91 Å². The van der Waals surface area contributed by atoms with Crippen LogP contribution in [0.15, 0.2) is 11.6 Å². The Kier molecular flexibility index (Phi) is 9.24. The standard InChI is InChI=1S/C34H59NO2/c1-7-8-9-10-22-35-31(36)34(37)21-20-32(5)26(23-34)14-15-27-29-17-16-28(25(4)13-11-12-24(2)3)33(29,6)19-18-30(27)32/h14,24-25,27-30,37H,7-13,15-23H2,1-6H3,(H,35,36)/t25-,27+,28-,29+,30+,32+,33-,34?/m1/s1. The summed E-state index contributed by atoms with van der Waals surface area (Å²) < 4.78 is 0. The molecular formula is C34H59NO2. The molecule has 4 rings (SSSR count). The molecule has 0 bridgehead atoms. The first-order valence-corrected chi connectivity index (χ1v) is 16.3. The molecule has 0 aromatic carbocycles. The van der Waals surface area contributed by atoms with Crippen molar-refractivity contribution in [3.63, 3.8) is 0 Å². The molecule has 3 saturated carbocycles. The van der Waals surface area contributed by atoms with Gasteiger partial charge in [0.1, 0.15) is 5.60 Å². The molecule has 3 heteroatoms. The number of amides is 1. The molecule has 4 aliphatic rings. The Bertz CT molecular complexity index is 819. The van der Waals surface area contributed by atoms with Gasteiger partial charge in [-0.1, -0.05) is 91.7 Å². The van der Waals surface area contributed by atoms with E-state index in [9.17, 15) is 9.90 Å².